The van der Waals surface area contributed by atoms with Gasteiger partial charge in [0.2, 0.25) is 5.91 Å². The zero-order chi connectivity index (χ0) is 20.6. The Balaban J connectivity index is 1.36. The minimum atomic E-state index is -0.193. The smallest absolute Gasteiger partial charge is 0.410 e. The van der Waals surface area contributed by atoms with Gasteiger partial charge in [0.1, 0.15) is 6.10 Å². The number of ether oxygens (including phenoxy) is 2. The maximum absolute atomic E-state index is 12.3. The Morgan fingerprint density at radius 3 is 2.55 bits per heavy atom. The molecule has 0 radical (unpaired) electrons. The first-order valence-electron chi connectivity index (χ1n) is 10.6. The topological polar surface area (TPSA) is 88.1 Å². The SMILES string of the molecule is COc1cc(CNC(=O)CC2CCN(C(=O)OC3CCCCC3)CC2)ccc1O. The Bertz CT molecular complexity index is 694. The molecule has 1 saturated carbocycles. The average molecular weight is 405 g/mol. The molecule has 1 aliphatic carbocycles. The molecule has 1 aliphatic heterocycles. The number of phenols is 1. The summed E-state index contributed by atoms with van der Waals surface area (Å²) < 4.78 is 10.7. The van der Waals surface area contributed by atoms with Gasteiger partial charge in [0.05, 0.1) is 7.11 Å². The van der Waals surface area contributed by atoms with Crippen LogP contribution in [0, 0.1) is 5.92 Å². The average Bonchev–Trinajstić information content (AvgIpc) is 2.74. The van der Waals surface area contributed by atoms with Crippen molar-refractivity contribution in [2.24, 2.45) is 5.92 Å². The van der Waals surface area contributed by atoms with E-state index in [0.29, 0.717) is 31.8 Å². The number of rotatable bonds is 6. The van der Waals surface area contributed by atoms with Crippen molar-refractivity contribution in [3.63, 3.8) is 0 Å². The highest BCUT2D eigenvalue weighted by atomic mass is 16.6. The number of aromatic hydroxyl groups is 1. The van der Waals surface area contributed by atoms with Crippen LogP contribution in [-0.2, 0) is 16.1 Å². The molecule has 1 saturated heterocycles. The predicted molar refractivity (Wildman–Crippen MR) is 109 cm³/mol. The monoisotopic (exact) mass is 404 g/mol. The number of hydrogen-bond donors (Lipinski definition) is 2. The Kier molecular flexibility index (Phi) is 7.61. The molecular formula is C22H32N2O5. The standard InChI is InChI=1S/C22H32N2O5/c1-28-20-13-17(7-8-19(20)25)15-23-21(26)14-16-9-11-24(12-10-16)22(27)29-18-5-3-2-4-6-18/h7-8,13,16,18,25H,2-6,9-12,14-15H2,1H3,(H,23,26). The molecular weight excluding hydrogens is 372 g/mol. The molecule has 7 nitrogen and oxygen atoms in total. The van der Waals surface area contributed by atoms with E-state index in [9.17, 15) is 14.7 Å². The molecule has 160 valence electrons. The normalized spacial score (nSPS) is 18.3. The lowest BCUT2D eigenvalue weighted by molar-refractivity contribution is -0.122. The van der Waals surface area contributed by atoms with E-state index in [0.717, 1.165) is 44.1 Å². The maximum Gasteiger partial charge on any atom is 0.410 e. The minimum Gasteiger partial charge on any atom is -0.504 e. The van der Waals surface area contributed by atoms with Crippen LogP contribution in [0.3, 0.4) is 0 Å². The summed E-state index contributed by atoms with van der Waals surface area (Å²) in [5.74, 6) is 0.754. The van der Waals surface area contributed by atoms with Gasteiger partial charge in [-0.05, 0) is 62.1 Å². The molecule has 0 aromatic heterocycles. The summed E-state index contributed by atoms with van der Waals surface area (Å²) in [5.41, 5.74) is 0.869. The number of carbonyl (C=O) groups is 2. The van der Waals surface area contributed by atoms with Crippen LogP contribution in [-0.4, -0.2) is 48.3 Å². The molecule has 2 amide bonds. The number of carbonyl (C=O) groups excluding carboxylic acids is 2. The summed E-state index contributed by atoms with van der Waals surface area (Å²) in [4.78, 5) is 26.4. The minimum absolute atomic E-state index is 0.000254. The lowest BCUT2D eigenvalue weighted by Gasteiger charge is -2.33. The highest BCUT2D eigenvalue weighted by Gasteiger charge is 2.27. The van der Waals surface area contributed by atoms with Crippen LogP contribution in [0.4, 0.5) is 4.79 Å². The van der Waals surface area contributed by atoms with Crippen molar-refractivity contribution in [3.8, 4) is 11.5 Å². The second kappa shape index (κ2) is 10.4. The molecule has 1 aromatic rings. The van der Waals surface area contributed by atoms with Crippen molar-refractivity contribution in [2.75, 3.05) is 20.2 Å². The molecule has 7 heteroatoms. The number of likely N-dealkylation sites (tertiary alicyclic amines) is 1. The van der Waals surface area contributed by atoms with E-state index in [-0.39, 0.29) is 29.8 Å². The lowest BCUT2D eigenvalue weighted by Crippen LogP contribution is -2.41. The lowest BCUT2D eigenvalue weighted by atomic mass is 9.93. The van der Waals surface area contributed by atoms with E-state index in [1.54, 1.807) is 23.1 Å². The second-order valence-electron chi connectivity index (χ2n) is 8.06. The number of nitrogens with one attached hydrogen (secondary N) is 1. The van der Waals surface area contributed by atoms with Crippen LogP contribution in [0.15, 0.2) is 18.2 Å². The third-order valence-corrected chi connectivity index (χ3v) is 5.90. The van der Waals surface area contributed by atoms with Crippen LogP contribution >= 0.6 is 0 Å². The Hall–Kier alpha value is -2.44. The van der Waals surface area contributed by atoms with Crippen LogP contribution < -0.4 is 10.1 Å². The summed E-state index contributed by atoms with van der Waals surface area (Å²) in [6, 6.07) is 5.03. The number of hydrogen-bond acceptors (Lipinski definition) is 5. The first kappa shape index (κ1) is 21.3. The number of nitrogens with zero attached hydrogens (tertiary/aromatic N) is 1. The fraction of sp³-hybridized carbons (Fsp3) is 0.636. The largest absolute Gasteiger partial charge is 0.504 e. The van der Waals surface area contributed by atoms with Gasteiger partial charge in [-0.25, -0.2) is 4.79 Å². The van der Waals surface area contributed by atoms with Gasteiger partial charge >= 0.3 is 6.09 Å². The van der Waals surface area contributed by atoms with Crippen LogP contribution in [0.2, 0.25) is 0 Å². The molecule has 0 atom stereocenters. The van der Waals surface area contributed by atoms with Crippen molar-refractivity contribution in [1.29, 1.82) is 0 Å². The Labute approximate surface area is 172 Å². The Morgan fingerprint density at radius 2 is 1.86 bits per heavy atom. The second-order valence-corrected chi connectivity index (χ2v) is 8.06. The van der Waals surface area contributed by atoms with E-state index in [1.807, 2.05) is 0 Å². The van der Waals surface area contributed by atoms with E-state index >= 15 is 0 Å². The highest BCUT2D eigenvalue weighted by molar-refractivity contribution is 5.76. The molecule has 0 unspecified atom stereocenters. The number of benzene rings is 1. The summed E-state index contributed by atoms with van der Waals surface area (Å²) >= 11 is 0. The van der Waals surface area contributed by atoms with Gasteiger partial charge in [0, 0.05) is 26.1 Å². The van der Waals surface area contributed by atoms with Gasteiger partial charge in [-0.1, -0.05) is 12.5 Å². The van der Waals surface area contributed by atoms with Crippen molar-refractivity contribution in [3.05, 3.63) is 23.8 Å². The molecule has 1 heterocycles. The van der Waals surface area contributed by atoms with Crippen molar-refractivity contribution in [2.45, 2.75) is 64.0 Å². The molecule has 2 N–H and O–H groups in total. The zero-order valence-electron chi connectivity index (χ0n) is 17.2. The number of phenolic OH excluding ortho intramolecular Hbond substituents is 1. The summed E-state index contributed by atoms with van der Waals surface area (Å²) in [7, 11) is 1.49. The molecule has 2 fully saturated rings. The highest BCUT2D eigenvalue weighted by Crippen LogP contribution is 2.27. The fourth-order valence-corrected chi connectivity index (χ4v) is 4.09. The number of methoxy groups -OCH3 is 1. The van der Waals surface area contributed by atoms with Gasteiger partial charge in [-0.15, -0.1) is 0 Å². The number of piperidine rings is 1. The zero-order valence-corrected chi connectivity index (χ0v) is 17.2. The fourth-order valence-electron chi connectivity index (χ4n) is 4.09. The van der Waals surface area contributed by atoms with Crippen LogP contribution in [0.25, 0.3) is 0 Å². The van der Waals surface area contributed by atoms with Gasteiger partial charge in [-0.2, -0.15) is 0 Å². The first-order chi connectivity index (χ1) is 14.0. The first-order valence-corrected chi connectivity index (χ1v) is 10.6. The third-order valence-electron chi connectivity index (χ3n) is 5.90. The summed E-state index contributed by atoms with van der Waals surface area (Å²) in [6.07, 6.45) is 7.48. The molecule has 2 aliphatic rings. The molecule has 1 aromatic carbocycles. The molecule has 29 heavy (non-hydrogen) atoms. The summed E-state index contributed by atoms with van der Waals surface area (Å²) in [5, 5.41) is 12.6. The van der Waals surface area contributed by atoms with Gasteiger partial charge < -0.3 is 24.8 Å². The third kappa shape index (κ3) is 6.27. The van der Waals surface area contributed by atoms with Gasteiger partial charge in [-0.3, -0.25) is 4.79 Å². The molecule has 0 spiro atoms. The van der Waals surface area contributed by atoms with Gasteiger partial charge in [0.15, 0.2) is 11.5 Å². The van der Waals surface area contributed by atoms with Crippen LogP contribution in [0.1, 0.15) is 56.9 Å². The molecule has 3 rings (SSSR count). The van der Waals surface area contributed by atoms with Crippen molar-refractivity contribution < 1.29 is 24.2 Å². The van der Waals surface area contributed by atoms with Crippen molar-refractivity contribution >= 4 is 12.0 Å². The van der Waals surface area contributed by atoms with E-state index in [2.05, 4.69) is 5.32 Å². The number of amides is 2. The van der Waals surface area contributed by atoms with E-state index in [1.165, 1.54) is 13.5 Å². The predicted octanol–water partition coefficient (Wildman–Crippen LogP) is 3.59. The van der Waals surface area contributed by atoms with E-state index in [4.69, 9.17) is 9.47 Å². The van der Waals surface area contributed by atoms with Crippen molar-refractivity contribution in [1.82, 2.24) is 10.2 Å². The quantitative estimate of drug-likeness (QED) is 0.756. The maximum atomic E-state index is 12.3. The molecule has 0 bridgehead atoms. The Morgan fingerprint density at radius 1 is 1.14 bits per heavy atom. The van der Waals surface area contributed by atoms with E-state index < -0.39 is 0 Å². The van der Waals surface area contributed by atoms with Crippen LogP contribution in [0.5, 0.6) is 11.5 Å². The summed E-state index contributed by atoms with van der Waals surface area (Å²) in [6.45, 7) is 1.69. The van der Waals surface area contributed by atoms with Gasteiger partial charge in [0.25, 0.3) is 0 Å².